The summed E-state index contributed by atoms with van der Waals surface area (Å²) in [6.45, 7) is 1.80. The highest BCUT2D eigenvalue weighted by molar-refractivity contribution is 5.85. The summed E-state index contributed by atoms with van der Waals surface area (Å²) in [5, 5.41) is 11.0. The number of aromatic nitrogens is 1. The van der Waals surface area contributed by atoms with Gasteiger partial charge in [-0.05, 0) is 25.1 Å². The molecule has 2 nitrogen and oxygen atoms in total. The molecule has 2 aromatic carbocycles. The second-order valence-corrected chi connectivity index (χ2v) is 4.48. The molecule has 0 bridgehead atoms. The van der Waals surface area contributed by atoms with Gasteiger partial charge in [-0.1, -0.05) is 36.4 Å². The molecule has 1 aromatic heterocycles. The van der Waals surface area contributed by atoms with Gasteiger partial charge in [-0.15, -0.1) is 0 Å². The number of para-hydroxylation sites is 2. The van der Waals surface area contributed by atoms with Gasteiger partial charge in [0.2, 0.25) is 0 Å². The van der Waals surface area contributed by atoms with E-state index >= 15 is 0 Å². The number of hydrogen-bond acceptors (Lipinski definition) is 1. The fourth-order valence-corrected chi connectivity index (χ4v) is 2.34. The fourth-order valence-electron chi connectivity index (χ4n) is 2.34. The number of aliphatic hydroxyl groups excluding tert-OH is 1. The third-order valence-electron chi connectivity index (χ3n) is 3.23. The van der Waals surface area contributed by atoms with Crippen molar-refractivity contribution in [3.05, 3.63) is 66.4 Å². The molecule has 0 radical (unpaired) electrons. The van der Waals surface area contributed by atoms with Crippen LogP contribution >= 0.6 is 0 Å². The van der Waals surface area contributed by atoms with Gasteiger partial charge in [0.05, 0.1) is 11.6 Å². The standard InChI is InChI=1S/C16H15NO/c1-12(18)15-11-17(13-7-3-2-4-8-13)16-10-6-5-9-14(15)16/h2-12,18H,1H3. The summed E-state index contributed by atoms with van der Waals surface area (Å²) >= 11 is 0. The quantitative estimate of drug-likeness (QED) is 0.722. The molecule has 18 heavy (non-hydrogen) atoms. The minimum atomic E-state index is -0.458. The molecular formula is C16H15NO. The van der Waals surface area contributed by atoms with Crippen molar-refractivity contribution in [3.8, 4) is 5.69 Å². The highest BCUT2D eigenvalue weighted by Gasteiger charge is 2.12. The van der Waals surface area contributed by atoms with E-state index in [4.69, 9.17) is 0 Å². The Hall–Kier alpha value is -2.06. The zero-order chi connectivity index (χ0) is 12.5. The summed E-state index contributed by atoms with van der Waals surface area (Å²) in [4.78, 5) is 0. The smallest absolute Gasteiger partial charge is 0.0782 e. The second-order valence-electron chi connectivity index (χ2n) is 4.48. The highest BCUT2D eigenvalue weighted by atomic mass is 16.3. The third kappa shape index (κ3) is 1.71. The zero-order valence-corrected chi connectivity index (χ0v) is 10.2. The molecule has 3 rings (SSSR count). The van der Waals surface area contributed by atoms with Crippen molar-refractivity contribution in [1.29, 1.82) is 0 Å². The van der Waals surface area contributed by atoms with E-state index < -0.39 is 6.10 Å². The van der Waals surface area contributed by atoms with Gasteiger partial charge in [0, 0.05) is 22.8 Å². The largest absolute Gasteiger partial charge is 0.389 e. The summed E-state index contributed by atoms with van der Waals surface area (Å²) in [6.07, 6.45) is 1.56. The van der Waals surface area contributed by atoms with Gasteiger partial charge in [-0.2, -0.15) is 0 Å². The number of aliphatic hydroxyl groups is 1. The Labute approximate surface area is 106 Å². The lowest BCUT2D eigenvalue weighted by Crippen LogP contribution is -1.91. The average Bonchev–Trinajstić information content (AvgIpc) is 2.79. The van der Waals surface area contributed by atoms with E-state index in [9.17, 15) is 5.11 Å². The van der Waals surface area contributed by atoms with E-state index in [1.807, 2.05) is 36.5 Å². The fraction of sp³-hybridized carbons (Fsp3) is 0.125. The molecule has 0 saturated heterocycles. The van der Waals surface area contributed by atoms with Crippen LogP contribution in [0, 0.1) is 0 Å². The zero-order valence-electron chi connectivity index (χ0n) is 10.2. The SMILES string of the molecule is CC(O)c1cn(-c2ccccc2)c2ccccc12. The molecule has 90 valence electrons. The molecule has 0 aliphatic carbocycles. The maximum Gasteiger partial charge on any atom is 0.0782 e. The number of hydrogen-bond donors (Lipinski definition) is 1. The van der Waals surface area contributed by atoms with Gasteiger partial charge in [-0.3, -0.25) is 0 Å². The van der Waals surface area contributed by atoms with Crippen molar-refractivity contribution in [2.75, 3.05) is 0 Å². The number of fused-ring (bicyclic) bond motifs is 1. The Morgan fingerprint density at radius 2 is 1.61 bits per heavy atom. The Bertz CT molecular complexity index is 668. The predicted octanol–water partition coefficient (Wildman–Crippen LogP) is 3.68. The molecule has 0 fully saturated rings. The first-order valence-electron chi connectivity index (χ1n) is 6.11. The van der Waals surface area contributed by atoms with E-state index in [0.29, 0.717) is 0 Å². The number of nitrogens with zero attached hydrogens (tertiary/aromatic N) is 1. The van der Waals surface area contributed by atoms with Crippen LogP contribution in [0.5, 0.6) is 0 Å². The topological polar surface area (TPSA) is 25.2 Å². The minimum absolute atomic E-state index is 0.458. The van der Waals surface area contributed by atoms with E-state index in [-0.39, 0.29) is 0 Å². The van der Waals surface area contributed by atoms with Gasteiger partial charge in [0.15, 0.2) is 0 Å². The predicted molar refractivity (Wildman–Crippen MR) is 73.9 cm³/mol. The van der Waals surface area contributed by atoms with Crippen LogP contribution in [0.2, 0.25) is 0 Å². The lowest BCUT2D eigenvalue weighted by molar-refractivity contribution is 0.201. The summed E-state index contributed by atoms with van der Waals surface area (Å²) in [7, 11) is 0. The first-order chi connectivity index (χ1) is 8.77. The van der Waals surface area contributed by atoms with Crippen LogP contribution in [0.15, 0.2) is 60.8 Å². The summed E-state index contributed by atoms with van der Waals surface area (Å²) in [6, 6.07) is 18.3. The molecule has 1 N–H and O–H groups in total. The van der Waals surface area contributed by atoms with Crippen LogP contribution < -0.4 is 0 Å². The second kappa shape index (κ2) is 4.31. The third-order valence-corrected chi connectivity index (χ3v) is 3.23. The first-order valence-corrected chi connectivity index (χ1v) is 6.11. The van der Waals surface area contributed by atoms with Gasteiger partial charge in [0.25, 0.3) is 0 Å². The monoisotopic (exact) mass is 237 g/mol. The van der Waals surface area contributed by atoms with Crippen LogP contribution in [0.4, 0.5) is 0 Å². The molecule has 0 aliphatic heterocycles. The average molecular weight is 237 g/mol. The molecule has 2 heteroatoms. The number of benzene rings is 2. The molecule has 0 spiro atoms. The molecule has 0 saturated carbocycles. The first kappa shape index (κ1) is 11.1. The van der Waals surface area contributed by atoms with Crippen LogP contribution in [-0.4, -0.2) is 9.67 Å². The highest BCUT2D eigenvalue weighted by Crippen LogP contribution is 2.28. The lowest BCUT2D eigenvalue weighted by atomic mass is 10.1. The molecule has 0 aliphatic rings. The Morgan fingerprint density at radius 1 is 0.944 bits per heavy atom. The minimum Gasteiger partial charge on any atom is -0.389 e. The number of rotatable bonds is 2. The van der Waals surface area contributed by atoms with Gasteiger partial charge >= 0.3 is 0 Å². The van der Waals surface area contributed by atoms with Crippen LogP contribution in [0.1, 0.15) is 18.6 Å². The summed E-state index contributed by atoms with van der Waals surface area (Å²) in [5.41, 5.74) is 3.20. The Balaban J connectivity index is 2.31. The molecular weight excluding hydrogens is 222 g/mol. The van der Waals surface area contributed by atoms with Crippen molar-refractivity contribution in [3.63, 3.8) is 0 Å². The van der Waals surface area contributed by atoms with Gasteiger partial charge < -0.3 is 9.67 Å². The molecule has 1 heterocycles. The normalized spacial score (nSPS) is 12.8. The summed E-state index contributed by atoms with van der Waals surface area (Å²) < 4.78 is 2.12. The van der Waals surface area contributed by atoms with Crippen LogP contribution in [0.25, 0.3) is 16.6 Å². The molecule has 3 aromatic rings. The lowest BCUT2D eigenvalue weighted by Gasteiger charge is -2.04. The molecule has 0 amide bonds. The van der Waals surface area contributed by atoms with Crippen LogP contribution in [-0.2, 0) is 0 Å². The maximum absolute atomic E-state index is 9.87. The van der Waals surface area contributed by atoms with Crippen molar-refractivity contribution in [2.45, 2.75) is 13.0 Å². The van der Waals surface area contributed by atoms with E-state index in [2.05, 4.69) is 28.8 Å². The van der Waals surface area contributed by atoms with Crippen molar-refractivity contribution < 1.29 is 5.11 Å². The van der Waals surface area contributed by atoms with E-state index in [1.165, 1.54) is 0 Å². The van der Waals surface area contributed by atoms with Crippen molar-refractivity contribution >= 4 is 10.9 Å². The van der Waals surface area contributed by atoms with Gasteiger partial charge in [-0.25, -0.2) is 0 Å². The Morgan fingerprint density at radius 3 is 2.33 bits per heavy atom. The summed E-state index contributed by atoms with van der Waals surface area (Å²) in [5.74, 6) is 0. The molecule has 1 unspecified atom stereocenters. The van der Waals surface area contributed by atoms with E-state index in [1.54, 1.807) is 6.92 Å². The van der Waals surface area contributed by atoms with Crippen LogP contribution in [0.3, 0.4) is 0 Å². The van der Waals surface area contributed by atoms with Crippen molar-refractivity contribution in [1.82, 2.24) is 4.57 Å². The van der Waals surface area contributed by atoms with Crippen molar-refractivity contribution in [2.24, 2.45) is 0 Å². The Kier molecular flexibility index (Phi) is 2.65. The molecule has 1 atom stereocenters. The maximum atomic E-state index is 9.87. The van der Waals surface area contributed by atoms with E-state index in [0.717, 1.165) is 22.2 Å². The van der Waals surface area contributed by atoms with Gasteiger partial charge in [0.1, 0.15) is 0 Å².